The molecule has 1 fully saturated rings. The number of nitrogens with zero attached hydrogens (tertiary/aromatic N) is 1. The molecule has 2 aromatic rings. The third kappa shape index (κ3) is 2.57. The van der Waals surface area contributed by atoms with Crippen LogP contribution in [0.15, 0.2) is 36.4 Å². The molecule has 1 aromatic heterocycles. The number of alkyl halides is 1. The Morgan fingerprint density at radius 3 is 3.00 bits per heavy atom. The summed E-state index contributed by atoms with van der Waals surface area (Å²) in [6.45, 7) is 1.78. The Balaban J connectivity index is 1.77. The van der Waals surface area contributed by atoms with Crippen LogP contribution in [0.4, 0.5) is 0 Å². The number of fused-ring (bicyclic) bond motifs is 1. The van der Waals surface area contributed by atoms with Gasteiger partial charge in [0.2, 0.25) is 0 Å². The van der Waals surface area contributed by atoms with Crippen molar-refractivity contribution in [2.24, 2.45) is 5.92 Å². The molecule has 1 aliphatic heterocycles. The van der Waals surface area contributed by atoms with Crippen molar-refractivity contribution >= 4 is 26.8 Å². The van der Waals surface area contributed by atoms with E-state index in [2.05, 4.69) is 40.2 Å². The Hall–Kier alpha value is -0.930. The van der Waals surface area contributed by atoms with E-state index in [9.17, 15) is 0 Å². The van der Waals surface area contributed by atoms with Gasteiger partial charge in [-0.2, -0.15) is 0 Å². The lowest BCUT2D eigenvalue weighted by molar-refractivity contribution is 0.185. The van der Waals surface area contributed by atoms with Gasteiger partial charge in [-0.15, -0.1) is 0 Å². The van der Waals surface area contributed by atoms with Gasteiger partial charge in [-0.1, -0.05) is 40.2 Å². The van der Waals surface area contributed by atoms with Gasteiger partial charge in [0.25, 0.3) is 0 Å². The summed E-state index contributed by atoms with van der Waals surface area (Å²) in [6, 6.07) is 12.5. The van der Waals surface area contributed by atoms with Crippen LogP contribution in [0, 0.1) is 5.92 Å². The topological polar surface area (TPSA) is 22.1 Å². The maximum atomic E-state index is 5.44. The molecule has 0 aliphatic carbocycles. The number of ether oxygens (including phenoxy) is 1. The summed E-state index contributed by atoms with van der Waals surface area (Å²) in [4.78, 5) is 5.18. The third-order valence-electron chi connectivity index (χ3n) is 3.54. The first kappa shape index (κ1) is 12.1. The highest BCUT2D eigenvalue weighted by Gasteiger charge is 2.24. The maximum Gasteiger partial charge on any atom is 0.0705 e. The molecule has 2 unspecified atom stereocenters. The van der Waals surface area contributed by atoms with E-state index in [1.54, 1.807) is 0 Å². The molecule has 0 N–H and O–H groups in total. The molecule has 0 amide bonds. The number of para-hydroxylation sites is 1. The fraction of sp³-hybridized carbons (Fsp3) is 0.400. The van der Waals surface area contributed by atoms with E-state index in [-0.39, 0.29) is 0 Å². The fourth-order valence-corrected chi connectivity index (χ4v) is 3.18. The van der Waals surface area contributed by atoms with E-state index >= 15 is 0 Å². The summed E-state index contributed by atoms with van der Waals surface area (Å²) >= 11 is 3.79. The first-order valence-electron chi connectivity index (χ1n) is 6.39. The first-order valence-corrected chi connectivity index (χ1v) is 7.31. The lowest BCUT2D eigenvalue weighted by Crippen LogP contribution is -2.17. The second-order valence-corrected chi connectivity index (χ2v) is 6.02. The summed E-state index contributed by atoms with van der Waals surface area (Å²) in [5.41, 5.74) is 2.24. The van der Waals surface area contributed by atoms with Crippen LogP contribution in [-0.2, 0) is 11.2 Å². The molecule has 0 saturated carbocycles. The Morgan fingerprint density at radius 1 is 1.28 bits per heavy atom. The molecule has 1 aliphatic rings. The van der Waals surface area contributed by atoms with Crippen LogP contribution in [0.25, 0.3) is 10.9 Å². The highest BCUT2D eigenvalue weighted by Crippen LogP contribution is 2.25. The van der Waals surface area contributed by atoms with Gasteiger partial charge in [0.1, 0.15) is 0 Å². The molecule has 0 bridgehead atoms. The normalized spacial score (nSPS) is 21.3. The van der Waals surface area contributed by atoms with Crippen LogP contribution in [-0.4, -0.2) is 23.0 Å². The van der Waals surface area contributed by atoms with E-state index in [1.165, 1.54) is 5.39 Å². The summed E-state index contributed by atoms with van der Waals surface area (Å²) in [5.74, 6) is 0.623. The SMILES string of the molecule is BrC(Cc1ccc2ccccc2n1)C1CCOC1. The van der Waals surface area contributed by atoms with Crippen molar-refractivity contribution in [3.63, 3.8) is 0 Å². The molecule has 94 valence electrons. The van der Waals surface area contributed by atoms with Crippen LogP contribution in [0.3, 0.4) is 0 Å². The monoisotopic (exact) mass is 305 g/mol. The molecule has 3 rings (SSSR count). The van der Waals surface area contributed by atoms with Crippen molar-refractivity contribution in [3.05, 3.63) is 42.1 Å². The average Bonchev–Trinajstić information content (AvgIpc) is 2.92. The number of pyridine rings is 1. The van der Waals surface area contributed by atoms with Gasteiger partial charge in [0, 0.05) is 28.9 Å². The van der Waals surface area contributed by atoms with Crippen LogP contribution < -0.4 is 0 Å². The Kier molecular flexibility index (Phi) is 3.62. The van der Waals surface area contributed by atoms with E-state index in [1.807, 2.05) is 12.1 Å². The van der Waals surface area contributed by atoms with Crippen molar-refractivity contribution in [1.82, 2.24) is 4.98 Å². The molecule has 2 nitrogen and oxygen atoms in total. The van der Waals surface area contributed by atoms with E-state index in [4.69, 9.17) is 9.72 Å². The molecular weight excluding hydrogens is 290 g/mol. The van der Waals surface area contributed by atoms with E-state index in [0.29, 0.717) is 10.7 Å². The van der Waals surface area contributed by atoms with Gasteiger partial charge >= 0.3 is 0 Å². The molecule has 2 atom stereocenters. The zero-order valence-electron chi connectivity index (χ0n) is 10.2. The molecule has 0 spiro atoms. The first-order chi connectivity index (χ1) is 8.83. The van der Waals surface area contributed by atoms with Gasteiger partial charge in [-0.3, -0.25) is 4.98 Å². The van der Waals surface area contributed by atoms with Gasteiger partial charge in [0.05, 0.1) is 12.1 Å². The number of hydrogen-bond acceptors (Lipinski definition) is 2. The van der Waals surface area contributed by atoms with Crippen molar-refractivity contribution in [3.8, 4) is 0 Å². The smallest absolute Gasteiger partial charge is 0.0705 e. The number of halogens is 1. The van der Waals surface area contributed by atoms with Crippen molar-refractivity contribution in [2.45, 2.75) is 17.7 Å². The number of rotatable bonds is 3. The quantitative estimate of drug-likeness (QED) is 0.809. The average molecular weight is 306 g/mol. The highest BCUT2D eigenvalue weighted by molar-refractivity contribution is 9.09. The predicted octanol–water partition coefficient (Wildman–Crippen LogP) is 3.58. The Morgan fingerprint density at radius 2 is 2.17 bits per heavy atom. The van der Waals surface area contributed by atoms with Crippen LogP contribution in [0.2, 0.25) is 0 Å². The zero-order chi connectivity index (χ0) is 12.4. The number of hydrogen-bond donors (Lipinski definition) is 0. The second-order valence-electron chi connectivity index (χ2n) is 4.84. The van der Waals surface area contributed by atoms with Gasteiger partial charge in [-0.25, -0.2) is 0 Å². The van der Waals surface area contributed by atoms with Gasteiger partial charge in [-0.05, 0) is 24.5 Å². The number of benzene rings is 1. The van der Waals surface area contributed by atoms with Crippen LogP contribution in [0.1, 0.15) is 12.1 Å². The minimum Gasteiger partial charge on any atom is -0.381 e. The lowest BCUT2D eigenvalue weighted by atomic mass is 10.0. The molecule has 1 aromatic carbocycles. The predicted molar refractivity (Wildman–Crippen MR) is 77.1 cm³/mol. The molecule has 0 radical (unpaired) electrons. The molecule has 2 heterocycles. The maximum absolute atomic E-state index is 5.44. The largest absolute Gasteiger partial charge is 0.381 e. The summed E-state index contributed by atoms with van der Waals surface area (Å²) in [5, 5.41) is 1.21. The Bertz CT molecular complexity index is 537. The van der Waals surface area contributed by atoms with Crippen molar-refractivity contribution in [2.75, 3.05) is 13.2 Å². The zero-order valence-corrected chi connectivity index (χ0v) is 11.8. The van der Waals surface area contributed by atoms with Crippen LogP contribution in [0.5, 0.6) is 0 Å². The highest BCUT2D eigenvalue weighted by atomic mass is 79.9. The van der Waals surface area contributed by atoms with Crippen molar-refractivity contribution < 1.29 is 4.74 Å². The van der Waals surface area contributed by atoms with E-state index < -0.39 is 0 Å². The summed E-state index contributed by atoms with van der Waals surface area (Å²) in [6.07, 6.45) is 2.13. The molecular formula is C15H16BrNO. The van der Waals surface area contributed by atoms with Crippen LogP contribution >= 0.6 is 15.9 Å². The molecule has 1 saturated heterocycles. The minimum absolute atomic E-state index is 0.466. The fourth-order valence-electron chi connectivity index (χ4n) is 2.43. The number of aromatic nitrogens is 1. The molecule has 3 heteroatoms. The van der Waals surface area contributed by atoms with E-state index in [0.717, 1.165) is 37.3 Å². The Labute approximate surface area is 115 Å². The van der Waals surface area contributed by atoms with Gasteiger partial charge < -0.3 is 4.74 Å². The minimum atomic E-state index is 0.466. The second kappa shape index (κ2) is 5.37. The standard InChI is InChI=1S/C15H16BrNO/c16-14(12-7-8-18-10-12)9-13-6-5-11-3-1-2-4-15(11)17-13/h1-6,12,14H,7-10H2. The third-order valence-corrected chi connectivity index (χ3v) is 4.61. The molecule has 18 heavy (non-hydrogen) atoms. The van der Waals surface area contributed by atoms with Crippen molar-refractivity contribution in [1.29, 1.82) is 0 Å². The summed E-state index contributed by atoms with van der Waals surface area (Å²) < 4.78 is 5.44. The summed E-state index contributed by atoms with van der Waals surface area (Å²) in [7, 11) is 0. The van der Waals surface area contributed by atoms with Gasteiger partial charge in [0.15, 0.2) is 0 Å². The lowest BCUT2D eigenvalue weighted by Gasteiger charge is -2.15.